The van der Waals surface area contributed by atoms with Crippen LogP contribution in [0.1, 0.15) is 26.7 Å². The Hall–Kier alpha value is -0.320. The third kappa shape index (κ3) is 4.36. The number of hydrogen-bond acceptors (Lipinski definition) is 4. The number of piperidine rings is 1. The lowest BCUT2D eigenvalue weighted by atomic mass is 10.1. The van der Waals surface area contributed by atoms with Gasteiger partial charge in [-0.3, -0.25) is 9.69 Å². The molecule has 2 atom stereocenters. The van der Waals surface area contributed by atoms with E-state index < -0.39 is 0 Å². The molecule has 0 aliphatic carbocycles. The van der Waals surface area contributed by atoms with Crippen LogP contribution in [0.4, 0.5) is 0 Å². The van der Waals surface area contributed by atoms with Crippen molar-refractivity contribution >= 4 is 18.4 Å². The van der Waals surface area contributed by atoms with E-state index >= 15 is 0 Å². The molecule has 0 radical (unpaired) electrons. The zero-order valence-corrected chi connectivity index (χ0v) is 10.3. The van der Waals surface area contributed by atoms with E-state index in [1.807, 2.05) is 13.8 Å². The van der Waals surface area contributed by atoms with Gasteiger partial charge in [0.05, 0.1) is 6.61 Å². The van der Waals surface area contributed by atoms with E-state index in [1.54, 1.807) is 0 Å². The predicted molar refractivity (Wildman–Crippen MR) is 62.1 cm³/mol. The first kappa shape index (κ1) is 14.7. The standard InChI is InChI=1S/C10H20N2O2.ClH/c1-3-14-10(13)8(2)12-6-4-5-9(11)7-12;/h8-9H,3-7,11H2,1-2H3;1H. The highest BCUT2D eigenvalue weighted by atomic mass is 35.5. The molecule has 0 aromatic heterocycles. The second-order valence-corrected chi connectivity index (χ2v) is 3.83. The van der Waals surface area contributed by atoms with E-state index in [4.69, 9.17) is 10.5 Å². The number of carbonyl (C=O) groups excluding carboxylic acids is 1. The van der Waals surface area contributed by atoms with Gasteiger partial charge >= 0.3 is 5.97 Å². The first-order chi connectivity index (χ1) is 6.65. The van der Waals surface area contributed by atoms with E-state index in [9.17, 15) is 4.79 Å². The summed E-state index contributed by atoms with van der Waals surface area (Å²) in [5.74, 6) is -0.137. The van der Waals surface area contributed by atoms with Crippen LogP contribution < -0.4 is 5.73 Å². The molecule has 90 valence electrons. The minimum atomic E-state index is -0.152. The van der Waals surface area contributed by atoms with Crippen LogP contribution >= 0.6 is 12.4 Å². The molecule has 0 saturated carbocycles. The van der Waals surface area contributed by atoms with Crippen molar-refractivity contribution in [1.82, 2.24) is 4.90 Å². The number of halogens is 1. The smallest absolute Gasteiger partial charge is 0.323 e. The number of carbonyl (C=O) groups is 1. The zero-order chi connectivity index (χ0) is 10.6. The molecule has 0 aromatic rings. The Morgan fingerprint density at radius 1 is 1.67 bits per heavy atom. The number of nitrogens with zero attached hydrogens (tertiary/aromatic N) is 1. The van der Waals surface area contributed by atoms with Crippen LogP contribution in [0.25, 0.3) is 0 Å². The van der Waals surface area contributed by atoms with Gasteiger partial charge in [-0.1, -0.05) is 0 Å². The van der Waals surface area contributed by atoms with Crippen LogP contribution in [-0.4, -0.2) is 42.6 Å². The minimum absolute atomic E-state index is 0. The van der Waals surface area contributed by atoms with Crippen LogP contribution in [0.5, 0.6) is 0 Å². The molecule has 2 N–H and O–H groups in total. The summed E-state index contributed by atoms with van der Waals surface area (Å²) in [4.78, 5) is 13.5. The molecule has 1 aliphatic heterocycles. The van der Waals surface area contributed by atoms with Crippen molar-refractivity contribution in [2.45, 2.75) is 38.8 Å². The van der Waals surface area contributed by atoms with E-state index in [0.29, 0.717) is 6.61 Å². The zero-order valence-electron chi connectivity index (χ0n) is 9.44. The van der Waals surface area contributed by atoms with Crippen molar-refractivity contribution in [3.05, 3.63) is 0 Å². The number of nitrogens with two attached hydrogens (primary N) is 1. The average Bonchev–Trinajstić information content (AvgIpc) is 2.17. The van der Waals surface area contributed by atoms with Crippen molar-refractivity contribution in [3.8, 4) is 0 Å². The lowest BCUT2D eigenvalue weighted by Gasteiger charge is -2.33. The van der Waals surface area contributed by atoms with Crippen molar-refractivity contribution in [2.24, 2.45) is 5.73 Å². The Balaban J connectivity index is 0.00000196. The molecular weight excluding hydrogens is 216 g/mol. The third-order valence-corrected chi connectivity index (χ3v) is 2.66. The molecule has 0 bridgehead atoms. The Bertz CT molecular complexity index is 202. The van der Waals surface area contributed by atoms with Crippen molar-refractivity contribution < 1.29 is 9.53 Å². The number of likely N-dealkylation sites (tertiary alicyclic amines) is 1. The SMILES string of the molecule is CCOC(=O)C(C)N1CCCC(N)C1.Cl. The van der Waals surface area contributed by atoms with Crippen molar-refractivity contribution in [3.63, 3.8) is 0 Å². The van der Waals surface area contributed by atoms with Gasteiger partial charge in [-0.15, -0.1) is 12.4 Å². The maximum atomic E-state index is 11.4. The van der Waals surface area contributed by atoms with Gasteiger partial charge in [0.1, 0.15) is 6.04 Å². The average molecular weight is 237 g/mol. The summed E-state index contributed by atoms with van der Waals surface area (Å²) in [6.07, 6.45) is 2.14. The highest BCUT2D eigenvalue weighted by Crippen LogP contribution is 2.12. The van der Waals surface area contributed by atoms with Gasteiger partial charge < -0.3 is 10.5 Å². The molecule has 2 unspecified atom stereocenters. The lowest BCUT2D eigenvalue weighted by Crippen LogP contribution is -2.49. The summed E-state index contributed by atoms with van der Waals surface area (Å²) in [6, 6.07) is 0.0573. The summed E-state index contributed by atoms with van der Waals surface area (Å²) in [5, 5.41) is 0. The molecular formula is C10H21ClN2O2. The predicted octanol–water partition coefficient (Wildman–Crippen LogP) is 0.783. The number of rotatable bonds is 3. The fraction of sp³-hybridized carbons (Fsp3) is 0.900. The van der Waals surface area contributed by atoms with Gasteiger partial charge in [0.25, 0.3) is 0 Å². The van der Waals surface area contributed by atoms with Gasteiger partial charge in [0.2, 0.25) is 0 Å². The second kappa shape index (κ2) is 7.04. The number of ether oxygens (including phenoxy) is 1. The molecule has 1 fully saturated rings. The maximum absolute atomic E-state index is 11.4. The van der Waals surface area contributed by atoms with Crippen LogP contribution in [0, 0.1) is 0 Å². The largest absolute Gasteiger partial charge is 0.465 e. The highest BCUT2D eigenvalue weighted by molar-refractivity contribution is 5.85. The Labute approximate surface area is 97.5 Å². The van der Waals surface area contributed by atoms with Crippen LogP contribution in [0.3, 0.4) is 0 Å². The van der Waals surface area contributed by atoms with Gasteiger partial charge in [0.15, 0.2) is 0 Å². The fourth-order valence-electron chi connectivity index (χ4n) is 1.80. The van der Waals surface area contributed by atoms with Gasteiger partial charge in [-0.2, -0.15) is 0 Å². The van der Waals surface area contributed by atoms with Crippen LogP contribution in [-0.2, 0) is 9.53 Å². The summed E-state index contributed by atoms with van der Waals surface area (Å²) in [5.41, 5.74) is 5.84. The van der Waals surface area contributed by atoms with E-state index in [2.05, 4.69) is 4.90 Å². The van der Waals surface area contributed by atoms with Gasteiger partial charge in [-0.25, -0.2) is 0 Å². The second-order valence-electron chi connectivity index (χ2n) is 3.83. The molecule has 15 heavy (non-hydrogen) atoms. The maximum Gasteiger partial charge on any atom is 0.323 e. The Kier molecular flexibility index (Phi) is 6.89. The third-order valence-electron chi connectivity index (χ3n) is 2.66. The van der Waals surface area contributed by atoms with Crippen LogP contribution in [0.15, 0.2) is 0 Å². The van der Waals surface area contributed by atoms with Crippen molar-refractivity contribution in [2.75, 3.05) is 19.7 Å². The number of hydrogen-bond donors (Lipinski definition) is 1. The fourth-order valence-corrected chi connectivity index (χ4v) is 1.80. The molecule has 1 aliphatic rings. The number of esters is 1. The van der Waals surface area contributed by atoms with E-state index in [0.717, 1.165) is 25.9 Å². The highest BCUT2D eigenvalue weighted by Gasteiger charge is 2.26. The normalized spacial score (nSPS) is 24.1. The Morgan fingerprint density at radius 3 is 2.87 bits per heavy atom. The molecule has 4 nitrogen and oxygen atoms in total. The first-order valence-electron chi connectivity index (χ1n) is 5.31. The van der Waals surface area contributed by atoms with Crippen molar-refractivity contribution in [1.29, 1.82) is 0 Å². The van der Waals surface area contributed by atoms with E-state index in [1.165, 1.54) is 0 Å². The summed E-state index contributed by atoms with van der Waals surface area (Å²) in [6.45, 7) is 5.92. The molecule has 0 amide bonds. The minimum Gasteiger partial charge on any atom is -0.465 e. The van der Waals surface area contributed by atoms with Gasteiger partial charge in [-0.05, 0) is 33.2 Å². The Morgan fingerprint density at radius 2 is 2.33 bits per heavy atom. The van der Waals surface area contributed by atoms with E-state index in [-0.39, 0.29) is 30.5 Å². The molecule has 5 heteroatoms. The topological polar surface area (TPSA) is 55.6 Å². The quantitative estimate of drug-likeness (QED) is 0.736. The molecule has 1 heterocycles. The lowest BCUT2D eigenvalue weighted by molar-refractivity contribution is -0.149. The summed E-state index contributed by atoms with van der Waals surface area (Å²) < 4.78 is 4.97. The molecule has 1 saturated heterocycles. The van der Waals surface area contributed by atoms with Gasteiger partial charge in [0, 0.05) is 12.6 Å². The summed E-state index contributed by atoms with van der Waals surface area (Å²) >= 11 is 0. The first-order valence-corrected chi connectivity index (χ1v) is 5.31. The molecule has 0 spiro atoms. The molecule has 1 rings (SSSR count). The van der Waals surface area contributed by atoms with Crippen LogP contribution in [0.2, 0.25) is 0 Å². The summed E-state index contributed by atoms with van der Waals surface area (Å²) in [7, 11) is 0. The molecule has 0 aromatic carbocycles. The monoisotopic (exact) mass is 236 g/mol.